The third-order valence-electron chi connectivity index (χ3n) is 1.69. The maximum atomic E-state index is 9.65. The van der Waals surface area contributed by atoms with Gasteiger partial charge in [0.1, 0.15) is 11.4 Å². The van der Waals surface area contributed by atoms with Crippen molar-refractivity contribution in [2.75, 3.05) is 0 Å². The number of nitroso groups, excluding NO2 is 2. The molecule has 0 bridgehead atoms. The molecule has 117 valence electrons. The molecule has 0 heterocycles. The van der Waals surface area contributed by atoms with Crippen molar-refractivity contribution in [2.45, 2.75) is 27.7 Å². The second-order valence-corrected chi connectivity index (χ2v) is 2.83. The van der Waals surface area contributed by atoms with Gasteiger partial charge in [-0.05, 0) is 38.0 Å². The second-order valence-electron chi connectivity index (χ2n) is 2.83. The van der Waals surface area contributed by atoms with E-state index in [1.54, 1.807) is 24.8 Å². The fourth-order valence-corrected chi connectivity index (χ4v) is 0.299. The fourth-order valence-electron chi connectivity index (χ4n) is 0.299. The molecule has 10 heteroatoms. The summed E-state index contributed by atoms with van der Waals surface area (Å²) < 4.78 is 0. The van der Waals surface area contributed by atoms with Crippen LogP contribution >= 0.6 is 0 Å². The maximum absolute atomic E-state index is 9.65. The van der Waals surface area contributed by atoms with Crippen molar-refractivity contribution in [1.29, 1.82) is 0 Å². The van der Waals surface area contributed by atoms with E-state index < -0.39 is 0 Å². The first kappa shape index (κ1) is 30.6. The SMILES string of the molecule is C/C(N=O)=C(\C)NO.C/C(N=O)=C(\C)NO.O.[CH3-].[Co]. The Morgan fingerprint density at radius 3 is 1.11 bits per heavy atom. The van der Waals surface area contributed by atoms with E-state index in [9.17, 15) is 9.81 Å². The normalized spacial score (nSPS) is 10.4. The van der Waals surface area contributed by atoms with E-state index in [-0.39, 0.29) is 41.1 Å². The van der Waals surface area contributed by atoms with Crippen molar-refractivity contribution in [1.82, 2.24) is 11.0 Å². The number of rotatable bonds is 4. The van der Waals surface area contributed by atoms with E-state index in [4.69, 9.17) is 10.4 Å². The minimum Gasteiger partial charge on any atom is -0.412 e. The third kappa shape index (κ3) is 16.7. The fraction of sp³-hybridized carbons (Fsp3) is 0.444. The van der Waals surface area contributed by atoms with E-state index >= 15 is 0 Å². The van der Waals surface area contributed by atoms with Crippen LogP contribution in [-0.2, 0) is 16.8 Å². The molecule has 0 aliphatic carbocycles. The Morgan fingerprint density at radius 1 is 0.842 bits per heavy atom. The van der Waals surface area contributed by atoms with Crippen molar-refractivity contribution >= 4 is 0 Å². The molecular weight excluding hydrogens is 303 g/mol. The third-order valence-corrected chi connectivity index (χ3v) is 1.69. The van der Waals surface area contributed by atoms with Crippen LogP contribution in [-0.4, -0.2) is 15.9 Å². The molecule has 0 amide bonds. The summed E-state index contributed by atoms with van der Waals surface area (Å²) in [5.74, 6) is 0. The number of hydrogen-bond acceptors (Lipinski definition) is 8. The maximum Gasteiger partial charge on any atom is 0.103 e. The van der Waals surface area contributed by atoms with Crippen LogP contribution < -0.4 is 11.0 Å². The van der Waals surface area contributed by atoms with Gasteiger partial charge >= 0.3 is 0 Å². The second kappa shape index (κ2) is 19.0. The van der Waals surface area contributed by atoms with Crippen molar-refractivity contribution < 1.29 is 32.7 Å². The van der Waals surface area contributed by atoms with Gasteiger partial charge in [-0.15, -0.1) is 9.81 Å². The predicted octanol–water partition coefficient (Wildman–Crippen LogP) is 1.59. The molecule has 0 saturated heterocycles. The molecule has 0 aliphatic heterocycles. The van der Waals surface area contributed by atoms with E-state index in [2.05, 4.69) is 10.4 Å². The quantitative estimate of drug-likeness (QED) is 0.349. The van der Waals surface area contributed by atoms with Crippen LogP contribution in [0.3, 0.4) is 0 Å². The van der Waals surface area contributed by atoms with Gasteiger partial charge in [-0.25, -0.2) is 0 Å². The van der Waals surface area contributed by atoms with Crippen LogP contribution in [0.4, 0.5) is 0 Å². The number of hydroxylamine groups is 2. The molecule has 19 heavy (non-hydrogen) atoms. The summed E-state index contributed by atoms with van der Waals surface area (Å²) in [5, 5.41) is 21.4. The Labute approximate surface area is 122 Å². The zero-order valence-corrected chi connectivity index (χ0v) is 12.5. The van der Waals surface area contributed by atoms with Gasteiger partial charge in [0, 0.05) is 16.8 Å². The summed E-state index contributed by atoms with van der Waals surface area (Å²) in [7, 11) is 0. The molecule has 0 aliphatic rings. The molecule has 0 aromatic heterocycles. The first-order chi connectivity index (χ1) is 7.44. The first-order valence-corrected chi connectivity index (χ1v) is 4.26. The topological polar surface area (TPSA) is 155 Å². The summed E-state index contributed by atoms with van der Waals surface area (Å²) in [4.78, 5) is 19.3. The minimum atomic E-state index is 0. The van der Waals surface area contributed by atoms with Crippen LogP contribution in [0, 0.1) is 17.2 Å². The number of allylic oxidation sites excluding steroid dienone is 4. The van der Waals surface area contributed by atoms with Crippen molar-refractivity contribution in [3.63, 3.8) is 0 Å². The van der Waals surface area contributed by atoms with E-state index in [1.807, 2.05) is 0 Å². The molecule has 0 saturated carbocycles. The van der Waals surface area contributed by atoms with Crippen LogP contribution in [0.2, 0.25) is 0 Å². The van der Waals surface area contributed by atoms with Gasteiger partial charge in [0.05, 0.1) is 11.4 Å². The van der Waals surface area contributed by atoms with Crippen molar-refractivity contribution in [3.8, 4) is 0 Å². The van der Waals surface area contributed by atoms with Gasteiger partial charge in [-0.3, -0.25) is 21.4 Å². The summed E-state index contributed by atoms with van der Waals surface area (Å²) in [6.45, 7) is 6.12. The van der Waals surface area contributed by atoms with E-state index in [0.717, 1.165) is 0 Å². The van der Waals surface area contributed by atoms with Gasteiger partial charge in [-0.2, -0.15) is 0 Å². The smallest absolute Gasteiger partial charge is 0.103 e. The number of nitrogens with zero attached hydrogens (tertiary/aromatic N) is 2. The number of nitrogens with one attached hydrogen (secondary N) is 2. The van der Waals surface area contributed by atoms with Crippen LogP contribution in [0.1, 0.15) is 27.7 Å². The zero-order valence-electron chi connectivity index (χ0n) is 11.4. The van der Waals surface area contributed by atoms with Crippen LogP contribution in [0.15, 0.2) is 33.1 Å². The Morgan fingerprint density at radius 2 is 1.05 bits per heavy atom. The largest absolute Gasteiger partial charge is 0.412 e. The summed E-state index contributed by atoms with van der Waals surface area (Å²) in [6, 6.07) is 0. The Kier molecular flexibility index (Phi) is 30.6. The average molecular weight is 324 g/mol. The molecule has 0 spiro atoms. The zero-order chi connectivity index (χ0) is 13.1. The first-order valence-electron chi connectivity index (χ1n) is 4.26. The minimum absolute atomic E-state index is 0. The average Bonchev–Trinajstić information content (AvgIpc) is 2.35. The van der Waals surface area contributed by atoms with Gasteiger partial charge in [0.25, 0.3) is 0 Å². The molecule has 6 N–H and O–H groups in total. The monoisotopic (exact) mass is 324 g/mol. The van der Waals surface area contributed by atoms with Gasteiger partial charge in [-0.1, -0.05) is 0 Å². The Bertz CT molecular complexity index is 277. The molecule has 0 atom stereocenters. The molecular formula is C9H21CoN4O5-. The standard InChI is InChI=1S/2C4H8N2O2.CH3.Co.H2O/c2*1-3(5-7)4(2)6-8;;;/h2*5,7H,1-2H3;1H3;;1H2/q;;-1;;/b2*4-3-;;;. The Hall–Kier alpha value is -1.33. The van der Waals surface area contributed by atoms with Gasteiger partial charge < -0.3 is 12.9 Å². The molecule has 0 rings (SSSR count). The number of hydrogen-bond donors (Lipinski definition) is 4. The van der Waals surface area contributed by atoms with Crippen LogP contribution in [0.25, 0.3) is 0 Å². The molecule has 0 fully saturated rings. The van der Waals surface area contributed by atoms with E-state index in [1.165, 1.54) is 13.8 Å². The summed E-state index contributed by atoms with van der Waals surface area (Å²) in [6.07, 6.45) is 0. The summed E-state index contributed by atoms with van der Waals surface area (Å²) >= 11 is 0. The molecule has 0 aromatic rings. The van der Waals surface area contributed by atoms with Gasteiger partial charge in [0.2, 0.25) is 0 Å². The van der Waals surface area contributed by atoms with Crippen molar-refractivity contribution in [2.24, 2.45) is 10.4 Å². The van der Waals surface area contributed by atoms with Gasteiger partial charge in [0.15, 0.2) is 0 Å². The molecule has 0 aromatic carbocycles. The summed E-state index contributed by atoms with van der Waals surface area (Å²) in [5.41, 5.74) is 4.87. The predicted molar refractivity (Wildman–Crippen MR) is 68.2 cm³/mol. The molecule has 9 nitrogen and oxygen atoms in total. The van der Waals surface area contributed by atoms with Crippen LogP contribution in [0.5, 0.6) is 0 Å². The Balaban J connectivity index is -0.0000000594. The molecule has 1 radical (unpaired) electrons. The van der Waals surface area contributed by atoms with E-state index in [0.29, 0.717) is 11.4 Å². The van der Waals surface area contributed by atoms with Crippen molar-refractivity contribution in [3.05, 3.63) is 40.0 Å². The molecule has 0 unspecified atom stereocenters.